The van der Waals surface area contributed by atoms with Crippen LogP contribution in [0.1, 0.15) is 77.6 Å². The first-order valence-corrected chi connectivity index (χ1v) is 18.6. The molecule has 2 saturated heterocycles. The van der Waals surface area contributed by atoms with Gasteiger partial charge in [-0.1, -0.05) is 82.2 Å². The summed E-state index contributed by atoms with van der Waals surface area (Å²) in [7, 11) is 0. The second-order valence-electron chi connectivity index (χ2n) is 15.1. The van der Waals surface area contributed by atoms with Crippen LogP contribution in [0.3, 0.4) is 0 Å². The summed E-state index contributed by atoms with van der Waals surface area (Å²) in [5, 5.41) is 24.4. The maximum absolute atomic E-state index is 14.4. The Labute approximate surface area is 306 Å². The number of benzene rings is 1. The summed E-state index contributed by atoms with van der Waals surface area (Å²) >= 11 is 6.03. The van der Waals surface area contributed by atoms with Crippen molar-refractivity contribution in [3.8, 4) is 0 Å². The summed E-state index contributed by atoms with van der Waals surface area (Å²) in [5.41, 5.74) is 0.202. The van der Waals surface area contributed by atoms with E-state index >= 15 is 0 Å². The monoisotopic (exact) mass is 722 g/mol. The molecule has 9 nitrogen and oxygen atoms in total. The number of halogens is 1. The smallest absolute Gasteiger partial charge is 0.338 e. The Morgan fingerprint density at radius 1 is 1.08 bits per heavy atom. The van der Waals surface area contributed by atoms with Crippen LogP contribution in [0.5, 0.6) is 0 Å². The lowest BCUT2D eigenvalue weighted by Gasteiger charge is -2.48. The van der Waals surface area contributed by atoms with Crippen LogP contribution in [0, 0.1) is 23.7 Å². The quantitative estimate of drug-likeness (QED) is 0.255. The molecule has 2 bridgehead atoms. The van der Waals surface area contributed by atoms with Crippen molar-refractivity contribution in [2.24, 2.45) is 23.7 Å². The second-order valence-corrected chi connectivity index (χ2v) is 15.5. The average molecular weight is 723 g/mol. The van der Waals surface area contributed by atoms with Gasteiger partial charge < -0.3 is 33.9 Å². The Morgan fingerprint density at radius 2 is 1.82 bits per heavy atom. The Balaban J connectivity index is 1.37. The van der Waals surface area contributed by atoms with Crippen molar-refractivity contribution in [3.63, 3.8) is 0 Å². The Kier molecular flexibility index (Phi) is 11.2. The predicted molar refractivity (Wildman–Crippen MR) is 193 cm³/mol. The molecule has 12 atom stereocenters. The Bertz CT molecular complexity index is 1630. The summed E-state index contributed by atoms with van der Waals surface area (Å²) in [5.74, 6) is -3.27. The normalized spacial score (nSPS) is 41.6. The van der Waals surface area contributed by atoms with Crippen LogP contribution < -0.4 is 0 Å². The summed E-state index contributed by atoms with van der Waals surface area (Å²) in [6, 6.07) is 6.33. The van der Waals surface area contributed by atoms with Crippen molar-refractivity contribution >= 4 is 23.5 Å². The Hall–Kier alpha value is -3.05. The number of carbonyl (C=O) groups excluding carboxylic acids is 2. The Morgan fingerprint density at radius 3 is 2.55 bits per heavy atom. The molecule has 51 heavy (non-hydrogen) atoms. The van der Waals surface area contributed by atoms with Crippen molar-refractivity contribution in [1.82, 2.24) is 0 Å². The number of hydrogen-bond acceptors (Lipinski definition) is 9. The molecule has 0 radical (unpaired) electrons. The van der Waals surface area contributed by atoms with Gasteiger partial charge in [-0.2, -0.15) is 0 Å². The zero-order valence-electron chi connectivity index (χ0n) is 30.3. The van der Waals surface area contributed by atoms with Crippen LogP contribution in [0.25, 0.3) is 0 Å². The summed E-state index contributed by atoms with van der Waals surface area (Å²) < 4.78 is 32.0. The fraction of sp³-hybridized carbons (Fsp3) is 0.561. The molecule has 6 rings (SSSR count). The number of esters is 2. The van der Waals surface area contributed by atoms with Crippen molar-refractivity contribution in [1.29, 1.82) is 0 Å². The third kappa shape index (κ3) is 7.57. The minimum atomic E-state index is -1.89. The molecular weight excluding hydrogens is 672 g/mol. The molecule has 0 saturated carbocycles. The average Bonchev–Trinajstić information content (AvgIpc) is 3.44. The van der Waals surface area contributed by atoms with E-state index in [1.807, 2.05) is 32.1 Å². The number of ether oxygens (including phenoxy) is 5. The molecule has 1 aromatic carbocycles. The van der Waals surface area contributed by atoms with Gasteiger partial charge in [0.05, 0.1) is 30.5 Å². The first-order chi connectivity index (χ1) is 24.2. The number of allylic oxidation sites excluding steroid dienone is 2. The highest BCUT2D eigenvalue weighted by molar-refractivity contribution is 6.30. The van der Waals surface area contributed by atoms with Crippen LogP contribution in [0.15, 0.2) is 83.5 Å². The van der Waals surface area contributed by atoms with E-state index in [9.17, 15) is 19.8 Å². The van der Waals surface area contributed by atoms with Crippen molar-refractivity contribution < 1.29 is 43.5 Å². The highest BCUT2D eigenvalue weighted by atomic mass is 35.5. The number of rotatable bonds is 4. The molecule has 5 aliphatic rings. The number of fused-ring (bicyclic) bond motifs is 2. The van der Waals surface area contributed by atoms with E-state index in [-0.39, 0.29) is 43.0 Å². The summed E-state index contributed by atoms with van der Waals surface area (Å²) in [6.45, 7) is 12.0. The second kappa shape index (κ2) is 15.1. The number of hydrogen-bond donors (Lipinski definition) is 2. The van der Waals surface area contributed by atoms with Gasteiger partial charge in [-0.15, -0.1) is 0 Å². The molecular formula is C41H51ClO9. The third-order valence-corrected chi connectivity index (χ3v) is 11.6. The van der Waals surface area contributed by atoms with Gasteiger partial charge in [0.1, 0.15) is 23.7 Å². The van der Waals surface area contributed by atoms with Crippen LogP contribution in [-0.2, 0) is 28.5 Å². The third-order valence-electron chi connectivity index (χ3n) is 11.3. The van der Waals surface area contributed by atoms with Crippen LogP contribution >= 0.6 is 11.6 Å². The number of carbonyl (C=O) groups is 2. The molecule has 276 valence electrons. The van der Waals surface area contributed by atoms with Gasteiger partial charge in [0.15, 0.2) is 11.9 Å². The van der Waals surface area contributed by atoms with Gasteiger partial charge in [0.2, 0.25) is 0 Å². The predicted octanol–water partition coefficient (Wildman–Crippen LogP) is 6.83. The molecule has 4 heterocycles. The molecule has 2 fully saturated rings. The molecule has 1 aromatic rings. The maximum atomic E-state index is 14.4. The minimum Gasteiger partial charge on any atom is -0.462 e. The summed E-state index contributed by atoms with van der Waals surface area (Å²) in [6.07, 6.45) is 11.3. The largest absolute Gasteiger partial charge is 0.462 e. The molecule has 0 unspecified atom stereocenters. The fourth-order valence-corrected chi connectivity index (χ4v) is 8.19. The molecule has 1 spiro atoms. The highest BCUT2D eigenvalue weighted by Gasteiger charge is 2.61. The van der Waals surface area contributed by atoms with Crippen molar-refractivity contribution in [2.45, 2.75) is 115 Å². The molecule has 0 amide bonds. The lowest BCUT2D eigenvalue weighted by atomic mass is 9.70. The van der Waals surface area contributed by atoms with Gasteiger partial charge in [0.25, 0.3) is 0 Å². The SMILES string of the molecule is CC[C@H](C)[C@H]1O[C@]2(C=C[C@@H]1C)C[C@@H]1C[C@@H](C/C=C(\C)[C@@H](O)[C@@H](C)/C=C/C=C3\CO[C@@H]4[C@H](OC(=O)c5ccc(Cl)cc5)C(C)=C[C@@H](C(=O)O1)[C@]34O)O2. The minimum absolute atomic E-state index is 0.00244. The maximum Gasteiger partial charge on any atom is 0.338 e. The first-order valence-electron chi connectivity index (χ1n) is 18.2. The van der Waals surface area contributed by atoms with E-state index in [0.29, 0.717) is 34.6 Å². The van der Waals surface area contributed by atoms with Crippen LogP contribution in [-0.4, -0.2) is 76.8 Å². The van der Waals surface area contributed by atoms with E-state index in [2.05, 4.69) is 26.8 Å². The lowest BCUT2D eigenvalue weighted by Crippen LogP contribution is -2.59. The highest BCUT2D eigenvalue weighted by Crippen LogP contribution is 2.48. The van der Waals surface area contributed by atoms with E-state index in [1.54, 1.807) is 49.4 Å². The molecule has 2 N–H and O–H groups in total. The van der Waals surface area contributed by atoms with E-state index in [1.165, 1.54) is 0 Å². The van der Waals surface area contributed by atoms with Crippen LogP contribution in [0.2, 0.25) is 5.02 Å². The van der Waals surface area contributed by atoms with Crippen molar-refractivity contribution in [3.05, 3.63) is 94.1 Å². The zero-order valence-corrected chi connectivity index (χ0v) is 31.0. The molecule has 10 heteroatoms. The van der Waals surface area contributed by atoms with Gasteiger partial charge in [-0.05, 0) is 73.2 Å². The molecule has 0 aromatic heterocycles. The fourth-order valence-electron chi connectivity index (χ4n) is 8.06. The van der Waals surface area contributed by atoms with E-state index in [4.69, 9.17) is 35.3 Å². The van der Waals surface area contributed by atoms with Gasteiger partial charge in [0, 0.05) is 29.7 Å². The topological polar surface area (TPSA) is 121 Å². The number of aliphatic hydroxyl groups excluding tert-OH is 1. The standard InChI is InChI=1S/C41H51ClO9/c1-7-23(2)35-26(5)17-18-40(51-35)21-32-20-31(50-40)16-11-25(4)34(43)24(3)9-8-10-29-22-47-37-36(49-38(44)28-12-14-30(42)15-13-28)27(6)19-33(39(45)48-32)41(29,37)46/h8-15,17-19,23-24,26,31-37,43,46H,7,16,20-22H2,1-6H3/b9-8+,25-11+,29-10+/t23-,24-,26-,31+,32-,33-,34-,35+,36+,37+,40+,41+/m0/s1. The van der Waals surface area contributed by atoms with Gasteiger partial charge in [-0.3, -0.25) is 4.79 Å². The lowest BCUT2D eigenvalue weighted by molar-refractivity contribution is -0.300. The zero-order chi connectivity index (χ0) is 36.7. The van der Waals surface area contributed by atoms with Gasteiger partial charge >= 0.3 is 11.9 Å². The van der Waals surface area contributed by atoms with Crippen LogP contribution in [0.4, 0.5) is 0 Å². The summed E-state index contributed by atoms with van der Waals surface area (Å²) in [4.78, 5) is 27.7. The van der Waals surface area contributed by atoms with Crippen molar-refractivity contribution in [2.75, 3.05) is 6.61 Å². The van der Waals surface area contributed by atoms with E-state index < -0.39 is 53.7 Å². The first kappa shape index (κ1) is 37.7. The molecule has 1 aliphatic carbocycles. The van der Waals surface area contributed by atoms with Gasteiger partial charge in [-0.25, -0.2) is 4.79 Å². The number of aliphatic hydroxyl groups is 2. The molecule has 4 aliphatic heterocycles. The van der Waals surface area contributed by atoms with E-state index in [0.717, 1.165) is 12.0 Å².